The molecule has 0 fully saturated rings. The Balaban J connectivity index is 1.64. The average molecular weight is 369 g/mol. The minimum atomic E-state index is -0.0858. The highest BCUT2D eigenvalue weighted by Crippen LogP contribution is 2.31. The zero-order valence-electron chi connectivity index (χ0n) is 15.5. The van der Waals surface area contributed by atoms with Crippen LogP contribution < -0.4 is 5.32 Å². The van der Waals surface area contributed by atoms with Crippen LogP contribution in [0.2, 0.25) is 0 Å². The molecule has 3 rings (SSSR count). The van der Waals surface area contributed by atoms with Gasteiger partial charge in [-0.15, -0.1) is 11.3 Å². The minimum Gasteiger partial charge on any atom is -0.468 e. The number of hydrogen-bond donors (Lipinski definition) is 1. The largest absolute Gasteiger partial charge is 0.468 e. The molecule has 3 aromatic rings. The summed E-state index contributed by atoms with van der Waals surface area (Å²) in [7, 11) is 1.88. The summed E-state index contributed by atoms with van der Waals surface area (Å²) < 4.78 is 5.30. The second-order valence-corrected chi connectivity index (χ2v) is 7.47. The summed E-state index contributed by atoms with van der Waals surface area (Å²) in [6.45, 7) is 7.15. The summed E-state index contributed by atoms with van der Waals surface area (Å²) in [5.74, 6) is 0.750. The van der Waals surface area contributed by atoms with E-state index < -0.39 is 0 Å². The number of anilines is 1. The predicted molar refractivity (Wildman–Crippen MR) is 105 cm³/mol. The van der Waals surface area contributed by atoms with Gasteiger partial charge in [-0.3, -0.25) is 9.69 Å². The van der Waals surface area contributed by atoms with Crippen LogP contribution in [0.1, 0.15) is 22.5 Å². The van der Waals surface area contributed by atoms with Crippen molar-refractivity contribution < 1.29 is 9.21 Å². The van der Waals surface area contributed by atoms with Gasteiger partial charge in [0.1, 0.15) is 5.76 Å². The lowest BCUT2D eigenvalue weighted by Gasteiger charge is -2.13. The third kappa shape index (κ3) is 4.39. The zero-order chi connectivity index (χ0) is 18.7. The molecule has 5 nitrogen and oxygen atoms in total. The molecule has 0 bridgehead atoms. The van der Waals surface area contributed by atoms with E-state index in [4.69, 9.17) is 4.42 Å². The smallest absolute Gasteiger partial charge is 0.240 e. The predicted octanol–water partition coefficient (Wildman–Crippen LogP) is 4.40. The molecule has 6 heteroatoms. The molecule has 1 aromatic carbocycles. The lowest BCUT2D eigenvalue weighted by atomic mass is 9.98. The number of likely N-dealkylation sites (N-methyl/N-ethyl adjacent to an activating group) is 1. The van der Waals surface area contributed by atoms with E-state index in [1.165, 1.54) is 28.0 Å². The molecule has 2 heterocycles. The van der Waals surface area contributed by atoms with Crippen molar-refractivity contribution in [3.05, 3.63) is 58.4 Å². The van der Waals surface area contributed by atoms with E-state index in [1.807, 2.05) is 29.5 Å². The Hall–Kier alpha value is -2.44. The Bertz CT molecular complexity index is 877. The third-order valence-corrected chi connectivity index (χ3v) is 4.86. The number of carbonyl (C=O) groups is 1. The summed E-state index contributed by atoms with van der Waals surface area (Å²) in [4.78, 5) is 18.8. The molecule has 0 saturated carbocycles. The number of thiazole rings is 1. The van der Waals surface area contributed by atoms with Gasteiger partial charge in [0.2, 0.25) is 5.91 Å². The number of furan rings is 1. The quantitative estimate of drug-likeness (QED) is 0.700. The van der Waals surface area contributed by atoms with Gasteiger partial charge in [-0.2, -0.15) is 0 Å². The number of benzene rings is 1. The Morgan fingerprint density at radius 1 is 1.27 bits per heavy atom. The molecule has 1 N–H and O–H groups in total. The number of nitrogens with one attached hydrogen (secondary N) is 1. The first-order valence-electron chi connectivity index (χ1n) is 8.47. The van der Waals surface area contributed by atoms with Crippen LogP contribution in [0.4, 0.5) is 5.13 Å². The third-order valence-electron chi connectivity index (χ3n) is 4.10. The minimum absolute atomic E-state index is 0.0858. The number of amides is 1. The second-order valence-electron chi connectivity index (χ2n) is 6.61. The van der Waals surface area contributed by atoms with Gasteiger partial charge in [0, 0.05) is 10.9 Å². The summed E-state index contributed by atoms with van der Waals surface area (Å²) in [6, 6.07) is 8.05. The van der Waals surface area contributed by atoms with Crippen molar-refractivity contribution in [1.82, 2.24) is 9.88 Å². The van der Waals surface area contributed by atoms with Crippen LogP contribution in [0.15, 0.2) is 40.3 Å². The molecular formula is C20H23N3O2S. The van der Waals surface area contributed by atoms with Crippen LogP contribution in [0, 0.1) is 20.8 Å². The van der Waals surface area contributed by atoms with Crippen molar-refractivity contribution in [2.45, 2.75) is 27.3 Å². The topological polar surface area (TPSA) is 58.4 Å². The van der Waals surface area contributed by atoms with Crippen molar-refractivity contribution in [1.29, 1.82) is 0 Å². The fraction of sp³-hybridized carbons (Fsp3) is 0.300. The molecule has 0 saturated heterocycles. The summed E-state index contributed by atoms with van der Waals surface area (Å²) in [5.41, 5.74) is 5.69. The van der Waals surface area contributed by atoms with E-state index >= 15 is 0 Å². The highest BCUT2D eigenvalue weighted by Gasteiger charge is 2.13. The number of aromatic nitrogens is 1. The Morgan fingerprint density at radius 3 is 2.65 bits per heavy atom. The van der Waals surface area contributed by atoms with Crippen molar-refractivity contribution in [3.63, 3.8) is 0 Å². The van der Waals surface area contributed by atoms with Crippen LogP contribution in [-0.2, 0) is 11.3 Å². The lowest BCUT2D eigenvalue weighted by molar-refractivity contribution is -0.117. The number of hydrogen-bond acceptors (Lipinski definition) is 5. The molecule has 26 heavy (non-hydrogen) atoms. The summed E-state index contributed by atoms with van der Waals surface area (Å²) >= 11 is 1.45. The van der Waals surface area contributed by atoms with Gasteiger partial charge in [0.15, 0.2) is 5.13 Å². The standard InChI is InChI=1S/C20H23N3O2S/c1-13-8-14(2)19(15(3)9-13)17-12-26-20(21-17)22-18(24)11-23(4)10-16-6-5-7-25-16/h5-9,12H,10-11H2,1-4H3,(H,21,22,24). The van der Waals surface area contributed by atoms with E-state index in [0.717, 1.165) is 17.0 Å². The molecule has 0 aliphatic rings. The molecule has 0 spiro atoms. The van der Waals surface area contributed by atoms with Crippen molar-refractivity contribution >= 4 is 22.4 Å². The SMILES string of the molecule is Cc1cc(C)c(-c2csc(NC(=O)CN(C)Cc3ccco3)n2)c(C)c1. The van der Waals surface area contributed by atoms with E-state index in [1.54, 1.807) is 6.26 Å². The zero-order valence-corrected chi connectivity index (χ0v) is 16.3. The number of carbonyl (C=O) groups excluding carboxylic acids is 1. The summed E-state index contributed by atoms with van der Waals surface area (Å²) in [5, 5.41) is 5.50. The van der Waals surface area contributed by atoms with E-state index in [9.17, 15) is 4.79 Å². The Morgan fingerprint density at radius 2 is 2.00 bits per heavy atom. The van der Waals surface area contributed by atoms with Gasteiger partial charge in [0.25, 0.3) is 0 Å². The maximum absolute atomic E-state index is 12.3. The van der Waals surface area contributed by atoms with Crippen LogP contribution in [0.5, 0.6) is 0 Å². The first-order valence-corrected chi connectivity index (χ1v) is 9.35. The van der Waals surface area contributed by atoms with Gasteiger partial charge in [-0.1, -0.05) is 17.7 Å². The van der Waals surface area contributed by atoms with Crippen molar-refractivity contribution in [2.75, 3.05) is 18.9 Å². The van der Waals surface area contributed by atoms with Crippen LogP contribution in [0.25, 0.3) is 11.3 Å². The number of aryl methyl sites for hydroxylation is 3. The number of nitrogens with zero attached hydrogens (tertiary/aromatic N) is 2. The van der Waals surface area contributed by atoms with Gasteiger partial charge < -0.3 is 9.73 Å². The van der Waals surface area contributed by atoms with Crippen LogP contribution in [0.3, 0.4) is 0 Å². The molecular weight excluding hydrogens is 346 g/mol. The van der Waals surface area contributed by atoms with Crippen LogP contribution in [-0.4, -0.2) is 29.4 Å². The van der Waals surface area contributed by atoms with Gasteiger partial charge >= 0.3 is 0 Å². The van der Waals surface area contributed by atoms with Gasteiger partial charge in [-0.25, -0.2) is 4.98 Å². The molecule has 1 amide bonds. The van der Waals surface area contributed by atoms with Crippen molar-refractivity contribution in [2.24, 2.45) is 0 Å². The molecule has 0 radical (unpaired) electrons. The van der Waals surface area contributed by atoms with E-state index in [2.05, 4.69) is 43.2 Å². The molecule has 2 aromatic heterocycles. The molecule has 136 valence electrons. The maximum Gasteiger partial charge on any atom is 0.240 e. The van der Waals surface area contributed by atoms with E-state index in [0.29, 0.717) is 11.7 Å². The normalized spacial score (nSPS) is 11.1. The van der Waals surface area contributed by atoms with Crippen molar-refractivity contribution in [3.8, 4) is 11.3 Å². The highest BCUT2D eigenvalue weighted by atomic mass is 32.1. The second kappa shape index (κ2) is 7.85. The van der Waals surface area contributed by atoms with E-state index in [-0.39, 0.29) is 12.5 Å². The van der Waals surface area contributed by atoms with Crippen LogP contribution >= 0.6 is 11.3 Å². The first kappa shape index (κ1) is 18.4. The Labute approximate surface area is 157 Å². The fourth-order valence-electron chi connectivity index (χ4n) is 3.16. The first-order chi connectivity index (χ1) is 12.4. The van der Waals surface area contributed by atoms with Gasteiger partial charge in [-0.05, 0) is 51.1 Å². The molecule has 0 aliphatic carbocycles. The van der Waals surface area contributed by atoms with Gasteiger partial charge in [0.05, 0.1) is 25.0 Å². The Kier molecular flexibility index (Phi) is 5.54. The monoisotopic (exact) mass is 369 g/mol. The molecule has 0 unspecified atom stereocenters. The fourth-order valence-corrected chi connectivity index (χ4v) is 3.88. The average Bonchev–Trinajstić information content (AvgIpc) is 3.18. The summed E-state index contributed by atoms with van der Waals surface area (Å²) in [6.07, 6.45) is 1.63. The molecule has 0 atom stereocenters. The maximum atomic E-state index is 12.3. The highest BCUT2D eigenvalue weighted by molar-refractivity contribution is 7.14. The lowest BCUT2D eigenvalue weighted by Crippen LogP contribution is -2.29. The molecule has 0 aliphatic heterocycles. The number of rotatable bonds is 6.